The topological polar surface area (TPSA) is 115 Å². The number of hydrogen-bond donors (Lipinski definition) is 1. The Morgan fingerprint density at radius 2 is 2.10 bits per heavy atom. The predicted molar refractivity (Wildman–Crippen MR) is 119 cm³/mol. The number of anilines is 2. The first-order chi connectivity index (χ1) is 14.9. The fraction of sp³-hybridized carbons (Fsp3) is 0.150. The van der Waals surface area contributed by atoms with E-state index in [0.29, 0.717) is 10.9 Å². The number of thiazole rings is 1. The van der Waals surface area contributed by atoms with Crippen molar-refractivity contribution in [2.24, 2.45) is 0 Å². The van der Waals surface area contributed by atoms with Crippen LogP contribution in [0.3, 0.4) is 0 Å². The molecule has 1 aromatic heterocycles. The molecule has 0 fully saturated rings. The Balaban J connectivity index is 1.48. The minimum Gasteiger partial charge on any atom is -0.482 e. The van der Waals surface area contributed by atoms with Crippen molar-refractivity contribution in [2.45, 2.75) is 4.90 Å². The van der Waals surface area contributed by atoms with Crippen molar-refractivity contribution in [3.05, 3.63) is 58.0 Å². The summed E-state index contributed by atoms with van der Waals surface area (Å²) in [6.07, 6.45) is 2.00. The van der Waals surface area contributed by atoms with Gasteiger partial charge >= 0.3 is 0 Å². The molecule has 31 heavy (non-hydrogen) atoms. The molecule has 0 saturated carbocycles. The molecule has 0 radical (unpaired) electrons. The highest BCUT2D eigenvalue weighted by Crippen LogP contribution is 2.35. The normalized spacial score (nSPS) is 12.8. The maximum Gasteiger partial charge on any atom is 0.271 e. The van der Waals surface area contributed by atoms with Crippen molar-refractivity contribution in [2.75, 3.05) is 29.6 Å². The number of hydrogen-bond acceptors (Lipinski definition) is 8. The molecule has 0 spiro atoms. The zero-order valence-electron chi connectivity index (χ0n) is 16.2. The molecule has 2 heterocycles. The molecule has 0 aliphatic carbocycles. The molecule has 2 amide bonds. The Kier molecular flexibility index (Phi) is 5.87. The van der Waals surface area contributed by atoms with E-state index in [1.54, 1.807) is 11.8 Å². The zero-order chi connectivity index (χ0) is 22.0. The van der Waals surface area contributed by atoms with Crippen LogP contribution in [0.15, 0.2) is 52.7 Å². The predicted octanol–water partition coefficient (Wildman–Crippen LogP) is 3.80. The number of nitrogens with one attached hydrogen (secondary N) is 1. The SMILES string of the molecule is CSc1ccc(-c2csc(NC(=O)CN3C(=O)COc4ccc([N+](=O)[O-])cc43)n2)cc1. The number of nitro groups is 1. The fourth-order valence-corrected chi connectivity index (χ4v) is 4.15. The van der Waals surface area contributed by atoms with E-state index in [2.05, 4.69) is 10.3 Å². The van der Waals surface area contributed by atoms with Crippen LogP contribution in [0.1, 0.15) is 0 Å². The van der Waals surface area contributed by atoms with Gasteiger partial charge in [0.1, 0.15) is 12.3 Å². The number of amides is 2. The number of aromatic nitrogens is 1. The van der Waals surface area contributed by atoms with Crippen LogP contribution in [0, 0.1) is 10.1 Å². The summed E-state index contributed by atoms with van der Waals surface area (Å²) >= 11 is 2.92. The molecule has 3 aromatic rings. The van der Waals surface area contributed by atoms with Crippen molar-refractivity contribution >= 4 is 51.4 Å². The van der Waals surface area contributed by atoms with Gasteiger partial charge < -0.3 is 10.1 Å². The molecule has 1 N–H and O–H groups in total. The Bertz CT molecular complexity index is 1160. The smallest absolute Gasteiger partial charge is 0.271 e. The fourth-order valence-electron chi connectivity index (χ4n) is 3.01. The van der Waals surface area contributed by atoms with E-state index in [1.807, 2.05) is 35.9 Å². The number of thioether (sulfide) groups is 1. The van der Waals surface area contributed by atoms with Crippen molar-refractivity contribution in [3.8, 4) is 17.0 Å². The van der Waals surface area contributed by atoms with Crippen LogP contribution in [0.25, 0.3) is 11.3 Å². The van der Waals surface area contributed by atoms with Crippen molar-refractivity contribution in [1.82, 2.24) is 4.98 Å². The summed E-state index contributed by atoms with van der Waals surface area (Å²) in [6.45, 7) is -0.556. The first-order valence-corrected chi connectivity index (χ1v) is 11.2. The Labute approximate surface area is 185 Å². The summed E-state index contributed by atoms with van der Waals surface area (Å²) in [5.41, 5.74) is 1.66. The van der Waals surface area contributed by atoms with E-state index < -0.39 is 16.7 Å². The molecule has 0 saturated heterocycles. The third kappa shape index (κ3) is 4.52. The van der Waals surface area contributed by atoms with Crippen LogP contribution < -0.4 is 15.0 Å². The molecule has 0 atom stereocenters. The number of carbonyl (C=O) groups is 2. The molecular formula is C20H16N4O5S2. The summed E-state index contributed by atoms with van der Waals surface area (Å²) < 4.78 is 5.31. The maximum absolute atomic E-state index is 12.6. The van der Waals surface area contributed by atoms with Crippen LogP contribution in [0.4, 0.5) is 16.5 Å². The number of nitro benzene ring substituents is 1. The lowest BCUT2D eigenvalue weighted by atomic mass is 10.2. The van der Waals surface area contributed by atoms with E-state index in [1.165, 1.54) is 34.4 Å². The van der Waals surface area contributed by atoms with Gasteiger partial charge in [0.05, 0.1) is 16.3 Å². The van der Waals surface area contributed by atoms with Crippen molar-refractivity contribution in [1.29, 1.82) is 0 Å². The van der Waals surface area contributed by atoms with Crippen LogP contribution in [0.5, 0.6) is 5.75 Å². The van der Waals surface area contributed by atoms with Gasteiger partial charge in [0, 0.05) is 28.0 Å². The number of fused-ring (bicyclic) bond motifs is 1. The molecule has 2 aromatic carbocycles. The van der Waals surface area contributed by atoms with Crippen molar-refractivity contribution < 1.29 is 19.2 Å². The lowest BCUT2D eigenvalue weighted by molar-refractivity contribution is -0.384. The van der Waals surface area contributed by atoms with Crippen molar-refractivity contribution in [3.63, 3.8) is 0 Å². The van der Waals surface area contributed by atoms with E-state index in [4.69, 9.17) is 4.74 Å². The second-order valence-corrected chi connectivity index (χ2v) is 8.23. The maximum atomic E-state index is 12.6. The Morgan fingerprint density at radius 1 is 1.32 bits per heavy atom. The molecule has 9 nitrogen and oxygen atoms in total. The van der Waals surface area contributed by atoms with E-state index in [9.17, 15) is 19.7 Å². The van der Waals surface area contributed by atoms with Gasteiger partial charge in [-0.05, 0) is 24.5 Å². The number of ether oxygens (including phenoxy) is 1. The standard InChI is InChI=1S/C20H16N4O5S2/c1-30-14-5-2-12(3-6-14)15-11-31-20(21-15)22-18(25)9-23-16-8-13(24(27)28)4-7-17(16)29-10-19(23)26/h2-8,11H,9-10H2,1H3,(H,21,22,25). The van der Waals surface area contributed by atoms with Gasteiger partial charge in [-0.15, -0.1) is 23.1 Å². The van der Waals surface area contributed by atoms with Crippen LogP contribution in [-0.4, -0.2) is 41.1 Å². The number of carbonyl (C=O) groups excluding carboxylic acids is 2. The van der Waals surface area contributed by atoms with E-state index in [-0.39, 0.29) is 24.5 Å². The lowest BCUT2D eigenvalue weighted by Crippen LogP contribution is -2.43. The minimum atomic E-state index is -0.569. The third-order valence-electron chi connectivity index (χ3n) is 4.53. The van der Waals surface area contributed by atoms with E-state index in [0.717, 1.165) is 16.2 Å². The molecule has 11 heteroatoms. The highest BCUT2D eigenvalue weighted by molar-refractivity contribution is 7.98. The van der Waals surface area contributed by atoms with Gasteiger partial charge in [0.15, 0.2) is 11.7 Å². The quantitative estimate of drug-likeness (QED) is 0.341. The average molecular weight is 457 g/mol. The largest absolute Gasteiger partial charge is 0.482 e. The summed E-state index contributed by atoms with van der Waals surface area (Å²) in [7, 11) is 0. The van der Waals surface area contributed by atoms with Crippen LogP contribution >= 0.6 is 23.1 Å². The van der Waals surface area contributed by atoms with Crippen LogP contribution in [-0.2, 0) is 9.59 Å². The highest BCUT2D eigenvalue weighted by Gasteiger charge is 2.29. The number of benzene rings is 2. The third-order valence-corrected chi connectivity index (χ3v) is 6.04. The molecule has 158 valence electrons. The lowest BCUT2D eigenvalue weighted by Gasteiger charge is -2.28. The molecular weight excluding hydrogens is 440 g/mol. The second kappa shape index (κ2) is 8.74. The number of rotatable bonds is 6. The van der Waals surface area contributed by atoms with E-state index >= 15 is 0 Å². The van der Waals surface area contributed by atoms with Crippen LogP contribution in [0.2, 0.25) is 0 Å². The van der Waals surface area contributed by atoms with Gasteiger partial charge in [-0.2, -0.15) is 0 Å². The molecule has 4 rings (SSSR count). The summed E-state index contributed by atoms with van der Waals surface area (Å²) in [6, 6.07) is 11.8. The summed E-state index contributed by atoms with van der Waals surface area (Å²) in [5, 5.41) is 16.0. The molecule has 1 aliphatic rings. The molecule has 0 unspecified atom stereocenters. The average Bonchev–Trinajstić information content (AvgIpc) is 3.23. The van der Waals surface area contributed by atoms with Gasteiger partial charge in [0.25, 0.3) is 11.6 Å². The van der Waals surface area contributed by atoms with Gasteiger partial charge in [-0.1, -0.05) is 12.1 Å². The number of nitrogens with zero attached hydrogens (tertiary/aromatic N) is 3. The summed E-state index contributed by atoms with van der Waals surface area (Å²) in [4.78, 5) is 42.1. The van der Waals surface area contributed by atoms with Gasteiger partial charge in [-0.25, -0.2) is 4.98 Å². The highest BCUT2D eigenvalue weighted by atomic mass is 32.2. The van der Waals surface area contributed by atoms with Gasteiger partial charge in [-0.3, -0.25) is 24.6 Å². The zero-order valence-corrected chi connectivity index (χ0v) is 17.9. The molecule has 0 bridgehead atoms. The Hall–Kier alpha value is -3.44. The Morgan fingerprint density at radius 3 is 2.81 bits per heavy atom. The van der Waals surface area contributed by atoms with Gasteiger partial charge in [0.2, 0.25) is 5.91 Å². The first-order valence-electron chi connectivity index (χ1n) is 9.06. The second-order valence-electron chi connectivity index (χ2n) is 6.49. The number of non-ortho nitro benzene ring substituents is 1. The first kappa shape index (κ1) is 20.8. The molecule has 1 aliphatic heterocycles. The monoisotopic (exact) mass is 456 g/mol. The minimum absolute atomic E-state index is 0.189. The summed E-state index contributed by atoms with van der Waals surface area (Å²) in [5.74, 6) is -0.619.